The summed E-state index contributed by atoms with van der Waals surface area (Å²) in [6, 6.07) is 13.4. The molecule has 1 heterocycles. The third kappa shape index (κ3) is 4.54. The van der Waals surface area contributed by atoms with Gasteiger partial charge in [-0.1, -0.05) is 19.1 Å². The van der Waals surface area contributed by atoms with Gasteiger partial charge in [0.15, 0.2) is 0 Å². The highest BCUT2D eigenvalue weighted by Gasteiger charge is 2.35. The molecule has 0 spiro atoms. The number of hydrogen-bond acceptors (Lipinski definition) is 4. The Hall–Kier alpha value is -2.67. The van der Waals surface area contributed by atoms with Crippen molar-refractivity contribution in [2.75, 3.05) is 25.0 Å². The van der Waals surface area contributed by atoms with Crippen molar-refractivity contribution in [2.24, 2.45) is 11.1 Å². The Morgan fingerprint density at radius 2 is 1.96 bits per heavy atom. The number of nitrogens with zero attached hydrogens (tertiary/aromatic N) is 1. The van der Waals surface area contributed by atoms with Crippen LogP contribution in [-0.2, 0) is 0 Å². The first-order valence-corrected chi connectivity index (χ1v) is 8.80. The molecule has 0 aliphatic carbocycles. The minimum absolute atomic E-state index is 0.0431. The summed E-state index contributed by atoms with van der Waals surface area (Å²) in [7, 11) is 0. The Balaban J connectivity index is 1.75. The minimum Gasteiger partial charge on any atom is -0.435 e. The van der Waals surface area contributed by atoms with Gasteiger partial charge in [-0.05, 0) is 54.8 Å². The van der Waals surface area contributed by atoms with Crippen LogP contribution in [0.15, 0.2) is 48.5 Å². The molecule has 1 atom stereocenters. The fraction of sp³-hybridized carbons (Fsp3) is 0.350. The Labute approximate surface area is 157 Å². The van der Waals surface area contributed by atoms with Crippen LogP contribution >= 0.6 is 0 Å². The lowest BCUT2D eigenvalue weighted by Gasteiger charge is -2.23. The maximum absolute atomic E-state index is 13.0. The SMILES string of the molecule is CC1(CN)CCN(C(=O)c2ccccc2Nc2ccc(OC(F)F)cc2)C1. The van der Waals surface area contributed by atoms with Gasteiger partial charge in [0, 0.05) is 18.8 Å². The zero-order valence-corrected chi connectivity index (χ0v) is 15.1. The standard InChI is InChI=1S/C20H23F2N3O2/c1-20(12-23)10-11-25(13-20)18(26)16-4-2-3-5-17(16)24-14-6-8-15(9-7-14)27-19(21)22/h2-9,19,24H,10-13,23H2,1H3. The van der Waals surface area contributed by atoms with Crippen molar-refractivity contribution in [1.29, 1.82) is 0 Å². The molecule has 1 amide bonds. The molecule has 3 N–H and O–H groups in total. The number of nitrogens with one attached hydrogen (secondary N) is 1. The Kier molecular flexibility index (Phi) is 5.60. The van der Waals surface area contributed by atoms with Crippen molar-refractivity contribution in [3.8, 4) is 5.75 Å². The van der Waals surface area contributed by atoms with Crippen LogP contribution in [0.1, 0.15) is 23.7 Å². The molecule has 7 heteroatoms. The minimum atomic E-state index is -2.86. The number of alkyl halides is 2. The summed E-state index contributed by atoms with van der Waals surface area (Å²) in [6.45, 7) is 1.09. The van der Waals surface area contributed by atoms with E-state index in [0.29, 0.717) is 36.6 Å². The van der Waals surface area contributed by atoms with Crippen LogP contribution in [0.25, 0.3) is 0 Å². The third-order valence-corrected chi connectivity index (χ3v) is 4.85. The van der Waals surface area contributed by atoms with Crippen LogP contribution in [-0.4, -0.2) is 37.1 Å². The monoisotopic (exact) mass is 375 g/mol. The van der Waals surface area contributed by atoms with Gasteiger partial charge in [-0.25, -0.2) is 0 Å². The molecule has 1 unspecified atom stereocenters. The van der Waals surface area contributed by atoms with E-state index in [2.05, 4.69) is 17.0 Å². The lowest BCUT2D eigenvalue weighted by molar-refractivity contribution is -0.0498. The number of nitrogens with two attached hydrogens (primary N) is 1. The average molecular weight is 375 g/mol. The molecule has 2 aromatic carbocycles. The van der Waals surface area contributed by atoms with Crippen LogP contribution in [0.5, 0.6) is 5.75 Å². The molecule has 0 radical (unpaired) electrons. The van der Waals surface area contributed by atoms with E-state index < -0.39 is 6.61 Å². The van der Waals surface area contributed by atoms with Crippen molar-refractivity contribution in [3.63, 3.8) is 0 Å². The predicted octanol–water partition coefficient (Wildman–Crippen LogP) is 3.84. The van der Waals surface area contributed by atoms with Crippen LogP contribution in [0.3, 0.4) is 0 Å². The van der Waals surface area contributed by atoms with E-state index in [9.17, 15) is 13.6 Å². The maximum atomic E-state index is 13.0. The smallest absolute Gasteiger partial charge is 0.387 e. The van der Waals surface area contributed by atoms with Gasteiger partial charge in [0.05, 0.1) is 11.3 Å². The van der Waals surface area contributed by atoms with E-state index in [0.717, 1.165) is 6.42 Å². The van der Waals surface area contributed by atoms with Gasteiger partial charge in [-0.3, -0.25) is 4.79 Å². The van der Waals surface area contributed by atoms with E-state index >= 15 is 0 Å². The molecule has 144 valence electrons. The quantitative estimate of drug-likeness (QED) is 0.805. The number of likely N-dealkylation sites (tertiary alicyclic amines) is 1. The lowest BCUT2D eigenvalue weighted by Crippen LogP contribution is -2.34. The van der Waals surface area contributed by atoms with E-state index in [1.165, 1.54) is 12.1 Å². The van der Waals surface area contributed by atoms with E-state index in [1.807, 2.05) is 23.1 Å². The molecule has 1 saturated heterocycles. The highest BCUT2D eigenvalue weighted by Crippen LogP contribution is 2.31. The Bertz CT molecular complexity index is 798. The first kappa shape index (κ1) is 19.1. The summed E-state index contributed by atoms with van der Waals surface area (Å²) in [5, 5.41) is 3.18. The number of amides is 1. The summed E-state index contributed by atoms with van der Waals surface area (Å²) in [5.74, 6) is 0.0333. The molecule has 1 aliphatic heterocycles. The molecular formula is C20H23F2N3O2. The highest BCUT2D eigenvalue weighted by molar-refractivity contribution is 6.00. The van der Waals surface area contributed by atoms with E-state index in [-0.39, 0.29) is 17.1 Å². The first-order valence-electron chi connectivity index (χ1n) is 8.80. The van der Waals surface area contributed by atoms with Gasteiger partial charge in [0.25, 0.3) is 5.91 Å². The van der Waals surface area contributed by atoms with Gasteiger partial charge in [-0.15, -0.1) is 0 Å². The zero-order chi connectivity index (χ0) is 19.4. The van der Waals surface area contributed by atoms with Gasteiger partial charge in [0.2, 0.25) is 0 Å². The summed E-state index contributed by atoms with van der Waals surface area (Å²) < 4.78 is 28.8. The molecule has 0 bridgehead atoms. The van der Waals surface area contributed by atoms with Gasteiger partial charge in [-0.2, -0.15) is 8.78 Å². The van der Waals surface area contributed by atoms with Crippen molar-refractivity contribution >= 4 is 17.3 Å². The molecule has 0 saturated carbocycles. The second-order valence-corrected chi connectivity index (χ2v) is 7.06. The average Bonchev–Trinajstić information content (AvgIpc) is 3.06. The first-order chi connectivity index (χ1) is 12.9. The number of carbonyl (C=O) groups is 1. The van der Waals surface area contributed by atoms with Crippen LogP contribution in [0.4, 0.5) is 20.2 Å². The van der Waals surface area contributed by atoms with Crippen molar-refractivity contribution < 1.29 is 18.3 Å². The molecule has 3 rings (SSSR count). The van der Waals surface area contributed by atoms with E-state index in [1.54, 1.807) is 18.2 Å². The molecular weight excluding hydrogens is 352 g/mol. The van der Waals surface area contributed by atoms with Gasteiger partial charge in [0.1, 0.15) is 5.75 Å². The van der Waals surface area contributed by atoms with Gasteiger partial charge < -0.3 is 20.7 Å². The van der Waals surface area contributed by atoms with Gasteiger partial charge >= 0.3 is 6.61 Å². The molecule has 1 fully saturated rings. The number of rotatable bonds is 6. The summed E-state index contributed by atoms with van der Waals surface area (Å²) in [6.07, 6.45) is 0.885. The number of anilines is 2. The topological polar surface area (TPSA) is 67.6 Å². The number of ether oxygens (including phenoxy) is 1. The zero-order valence-electron chi connectivity index (χ0n) is 15.1. The fourth-order valence-corrected chi connectivity index (χ4v) is 3.19. The second kappa shape index (κ2) is 7.92. The molecule has 2 aromatic rings. The van der Waals surface area contributed by atoms with Crippen molar-refractivity contribution in [1.82, 2.24) is 4.90 Å². The number of carbonyl (C=O) groups excluding carboxylic acids is 1. The van der Waals surface area contributed by atoms with Crippen LogP contribution < -0.4 is 15.8 Å². The molecule has 27 heavy (non-hydrogen) atoms. The number of benzene rings is 2. The number of halogens is 2. The van der Waals surface area contributed by atoms with Crippen LogP contribution in [0, 0.1) is 5.41 Å². The highest BCUT2D eigenvalue weighted by atomic mass is 19.3. The summed E-state index contributed by atoms with van der Waals surface area (Å²) in [4.78, 5) is 14.8. The normalized spacial score (nSPS) is 19.4. The van der Waals surface area contributed by atoms with Crippen LogP contribution in [0.2, 0.25) is 0 Å². The molecule has 5 nitrogen and oxygen atoms in total. The third-order valence-electron chi connectivity index (χ3n) is 4.85. The van der Waals surface area contributed by atoms with Crippen molar-refractivity contribution in [3.05, 3.63) is 54.1 Å². The van der Waals surface area contributed by atoms with Crippen molar-refractivity contribution in [2.45, 2.75) is 20.0 Å². The number of para-hydroxylation sites is 1. The fourth-order valence-electron chi connectivity index (χ4n) is 3.19. The molecule has 1 aliphatic rings. The summed E-state index contributed by atoms with van der Waals surface area (Å²) in [5.41, 5.74) is 7.68. The summed E-state index contributed by atoms with van der Waals surface area (Å²) >= 11 is 0. The van der Waals surface area contributed by atoms with E-state index in [4.69, 9.17) is 5.73 Å². The molecule has 0 aromatic heterocycles. The Morgan fingerprint density at radius 1 is 1.26 bits per heavy atom. The number of hydrogen-bond donors (Lipinski definition) is 2. The predicted molar refractivity (Wildman–Crippen MR) is 100 cm³/mol. The lowest BCUT2D eigenvalue weighted by atomic mass is 9.90. The maximum Gasteiger partial charge on any atom is 0.387 e. The Morgan fingerprint density at radius 3 is 2.59 bits per heavy atom. The second-order valence-electron chi connectivity index (χ2n) is 7.06. The largest absolute Gasteiger partial charge is 0.435 e.